The van der Waals surface area contributed by atoms with Crippen molar-refractivity contribution in [3.05, 3.63) is 29.8 Å². The van der Waals surface area contributed by atoms with Crippen LogP contribution in [-0.2, 0) is 6.18 Å². The summed E-state index contributed by atoms with van der Waals surface area (Å²) in [5.41, 5.74) is -0.0377. The molecule has 0 heterocycles. The van der Waals surface area contributed by atoms with Crippen LogP contribution >= 0.6 is 8.07 Å². The standard InChI is InChI=1S/C11H15F3NP/c1-3-16(4-2)15-10-7-5-6-9(8-10)11(12,13)14/h5-8,15H,3-4H2,1-2H3. The fourth-order valence-electron chi connectivity index (χ4n) is 1.33. The Hall–Kier alpha value is -0.760. The van der Waals surface area contributed by atoms with Gasteiger partial charge in [-0.05, 0) is 38.6 Å². The SMILES string of the molecule is CCP(CC)Nc1cccc(C(F)(F)F)c1. The molecule has 0 saturated carbocycles. The van der Waals surface area contributed by atoms with Crippen LogP contribution < -0.4 is 5.09 Å². The molecule has 0 unspecified atom stereocenters. The smallest absolute Gasteiger partial charge is 0.364 e. The topological polar surface area (TPSA) is 12.0 Å². The number of alkyl halides is 3. The van der Waals surface area contributed by atoms with Crippen LogP contribution in [0.15, 0.2) is 24.3 Å². The molecule has 0 atom stereocenters. The molecule has 0 aliphatic heterocycles. The summed E-state index contributed by atoms with van der Waals surface area (Å²) in [6.07, 6.45) is -2.34. The first-order valence-electron chi connectivity index (χ1n) is 5.16. The number of rotatable bonds is 4. The van der Waals surface area contributed by atoms with Gasteiger partial charge >= 0.3 is 6.18 Å². The summed E-state index contributed by atoms with van der Waals surface area (Å²) in [5.74, 6) is 0. The van der Waals surface area contributed by atoms with E-state index >= 15 is 0 Å². The molecule has 1 nitrogen and oxygen atoms in total. The Kier molecular flexibility index (Phi) is 4.60. The fraction of sp³-hybridized carbons (Fsp3) is 0.455. The van der Waals surface area contributed by atoms with Gasteiger partial charge in [-0.2, -0.15) is 13.2 Å². The van der Waals surface area contributed by atoms with Crippen molar-refractivity contribution in [3.8, 4) is 0 Å². The highest BCUT2D eigenvalue weighted by molar-refractivity contribution is 7.59. The molecule has 0 aromatic heterocycles. The van der Waals surface area contributed by atoms with Crippen LogP contribution in [0.3, 0.4) is 0 Å². The summed E-state index contributed by atoms with van der Waals surface area (Å²) >= 11 is 0. The first-order chi connectivity index (χ1) is 7.47. The zero-order chi connectivity index (χ0) is 12.2. The molecule has 1 N–H and O–H groups in total. The maximum atomic E-state index is 12.4. The molecule has 1 rings (SSSR count). The fourth-order valence-corrected chi connectivity index (χ4v) is 2.60. The largest absolute Gasteiger partial charge is 0.416 e. The first-order valence-corrected chi connectivity index (χ1v) is 6.87. The number of halogens is 3. The van der Waals surface area contributed by atoms with E-state index in [9.17, 15) is 13.2 Å². The second-order valence-corrected chi connectivity index (χ2v) is 5.93. The first kappa shape index (κ1) is 13.3. The molecule has 16 heavy (non-hydrogen) atoms. The van der Waals surface area contributed by atoms with E-state index in [-0.39, 0.29) is 0 Å². The van der Waals surface area contributed by atoms with Gasteiger partial charge in [-0.25, -0.2) is 0 Å². The Labute approximate surface area is 94.9 Å². The molecule has 0 fully saturated rings. The summed E-state index contributed by atoms with van der Waals surface area (Å²) in [6, 6.07) is 5.37. The van der Waals surface area contributed by atoms with Crippen LogP contribution in [0, 0.1) is 0 Å². The maximum Gasteiger partial charge on any atom is 0.416 e. The summed E-state index contributed by atoms with van der Waals surface area (Å²) in [4.78, 5) is 0. The van der Waals surface area contributed by atoms with Gasteiger partial charge in [0.1, 0.15) is 0 Å². The molecule has 1 aromatic carbocycles. The monoisotopic (exact) mass is 249 g/mol. The van der Waals surface area contributed by atoms with E-state index in [4.69, 9.17) is 0 Å². The second-order valence-electron chi connectivity index (χ2n) is 3.36. The Morgan fingerprint density at radius 2 is 1.81 bits per heavy atom. The van der Waals surface area contributed by atoms with E-state index in [0.717, 1.165) is 18.4 Å². The van der Waals surface area contributed by atoms with Gasteiger partial charge in [0.15, 0.2) is 0 Å². The molecule has 5 heteroatoms. The summed E-state index contributed by atoms with van der Waals surface area (Å²) < 4.78 is 37.3. The van der Waals surface area contributed by atoms with Crippen molar-refractivity contribution >= 4 is 13.8 Å². The van der Waals surface area contributed by atoms with Gasteiger partial charge in [-0.1, -0.05) is 19.9 Å². The molecule has 0 amide bonds. The highest BCUT2D eigenvalue weighted by Crippen LogP contribution is 2.37. The van der Waals surface area contributed by atoms with Crippen LogP contribution in [0.1, 0.15) is 19.4 Å². The third kappa shape index (κ3) is 3.67. The van der Waals surface area contributed by atoms with Crippen LogP contribution in [0.4, 0.5) is 18.9 Å². The Balaban J connectivity index is 2.82. The third-order valence-electron chi connectivity index (χ3n) is 2.24. The lowest BCUT2D eigenvalue weighted by molar-refractivity contribution is -0.137. The van der Waals surface area contributed by atoms with Crippen molar-refractivity contribution < 1.29 is 13.2 Å². The molecule has 90 valence electrons. The van der Waals surface area contributed by atoms with Gasteiger partial charge in [0, 0.05) is 5.69 Å². The van der Waals surface area contributed by atoms with Crippen molar-refractivity contribution in [2.45, 2.75) is 20.0 Å². The predicted octanol–water partition coefficient (Wildman–Crippen LogP) is 4.55. The molecule has 0 aliphatic carbocycles. The van der Waals surface area contributed by atoms with Gasteiger partial charge in [-0.15, -0.1) is 0 Å². The van der Waals surface area contributed by atoms with Crippen molar-refractivity contribution in [3.63, 3.8) is 0 Å². The maximum absolute atomic E-state index is 12.4. The molecule has 1 aromatic rings. The highest BCUT2D eigenvalue weighted by Gasteiger charge is 2.30. The minimum absolute atomic E-state index is 0.398. The minimum atomic E-state index is -4.27. The van der Waals surface area contributed by atoms with E-state index in [1.54, 1.807) is 6.07 Å². The van der Waals surface area contributed by atoms with Gasteiger partial charge in [0.05, 0.1) is 5.56 Å². The van der Waals surface area contributed by atoms with Gasteiger partial charge in [0.2, 0.25) is 0 Å². The number of benzene rings is 1. The van der Waals surface area contributed by atoms with E-state index in [1.165, 1.54) is 12.1 Å². The Morgan fingerprint density at radius 1 is 1.19 bits per heavy atom. The quantitative estimate of drug-likeness (QED) is 0.771. The number of anilines is 1. The molecule has 0 bridgehead atoms. The number of nitrogens with one attached hydrogen (secondary N) is 1. The molecule has 0 aliphatic rings. The third-order valence-corrected chi connectivity index (χ3v) is 4.34. The average molecular weight is 249 g/mol. The summed E-state index contributed by atoms with van der Waals surface area (Å²) in [7, 11) is -0.398. The second kappa shape index (κ2) is 5.53. The van der Waals surface area contributed by atoms with Crippen molar-refractivity contribution in [1.29, 1.82) is 0 Å². The van der Waals surface area contributed by atoms with Crippen LogP contribution in [0.25, 0.3) is 0 Å². The molecular formula is C11H15F3NP. The number of hydrogen-bond donors (Lipinski definition) is 1. The predicted molar refractivity (Wildman–Crippen MR) is 63.1 cm³/mol. The Bertz CT molecular complexity index is 334. The Morgan fingerprint density at radius 3 is 2.31 bits per heavy atom. The van der Waals surface area contributed by atoms with Gasteiger partial charge < -0.3 is 5.09 Å². The molecule has 0 saturated heterocycles. The number of hydrogen-bond acceptors (Lipinski definition) is 1. The van der Waals surface area contributed by atoms with Crippen molar-refractivity contribution in [2.24, 2.45) is 0 Å². The van der Waals surface area contributed by atoms with Crippen LogP contribution in [-0.4, -0.2) is 12.3 Å². The lowest BCUT2D eigenvalue weighted by Crippen LogP contribution is -2.05. The highest BCUT2D eigenvalue weighted by atomic mass is 31.1. The molecule has 0 radical (unpaired) electrons. The molecule has 0 spiro atoms. The van der Waals surface area contributed by atoms with Gasteiger partial charge in [-0.3, -0.25) is 0 Å². The minimum Gasteiger partial charge on any atom is -0.364 e. The normalized spacial score (nSPS) is 11.9. The van der Waals surface area contributed by atoms with Crippen LogP contribution in [0.5, 0.6) is 0 Å². The van der Waals surface area contributed by atoms with Crippen molar-refractivity contribution in [2.75, 3.05) is 17.4 Å². The summed E-state index contributed by atoms with van der Waals surface area (Å²) in [6.45, 7) is 4.08. The van der Waals surface area contributed by atoms with Crippen molar-refractivity contribution in [1.82, 2.24) is 0 Å². The average Bonchev–Trinajstić information content (AvgIpc) is 2.25. The summed E-state index contributed by atoms with van der Waals surface area (Å²) in [5, 5.41) is 3.16. The van der Waals surface area contributed by atoms with E-state index in [0.29, 0.717) is 5.69 Å². The zero-order valence-electron chi connectivity index (χ0n) is 9.30. The van der Waals surface area contributed by atoms with E-state index in [2.05, 4.69) is 5.09 Å². The molecular weight excluding hydrogens is 234 g/mol. The van der Waals surface area contributed by atoms with E-state index < -0.39 is 19.8 Å². The lowest BCUT2D eigenvalue weighted by atomic mass is 10.2. The lowest BCUT2D eigenvalue weighted by Gasteiger charge is -2.17. The van der Waals surface area contributed by atoms with Crippen LogP contribution in [0.2, 0.25) is 0 Å². The van der Waals surface area contributed by atoms with Gasteiger partial charge in [0.25, 0.3) is 0 Å². The zero-order valence-corrected chi connectivity index (χ0v) is 10.2. The van der Waals surface area contributed by atoms with E-state index in [1.807, 2.05) is 13.8 Å².